The highest BCUT2D eigenvalue weighted by Gasteiger charge is 2.20. The van der Waals surface area contributed by atoms with Gasteiger partial charge in [-0.1, -0.05) is 6.07 Å². The Kier molecular flexibility index (Phi) is 2.85. The minimum Gasteiger partial charge on any atom is -0.312 e. The van der Waals surface area contributed by atoms with Crippen LogP contribution < -0.4 is 4.90 Å². The Labute approximate surface area is 112 Å². The number of amides is 1. The molecule has 0 saturated carbocycles. The molecule has 0 aliphatic carbocycles. The third kappa shape index (κ3) is 2.03. The standard InChI is InChI=1S/C15H17N3O/c1-10-14(9-16-17-10)12-5-6-15-13(8-12)4-3-7-18(15)11(2)19/h5-6,8-9H,3-4,7H2,1-2H3,(H,16,17). The van der Waals surface area contributed by atoms with Gasteiger partial charge >= 0.3 is 0 Å². The molecular weight excluding hydrogens is 238 g/mol. The second kappa shape index (κ2) is 4.53. The summed E-state index contributed by atoms with van der Waals surface area (Å²) in [5.74, 6) is 0.119. The molecule has 0 atom stereocenters. The summed E-state index contributed by atoms with van der Waals surface area (Å²) in [5.41, 5.74) is 5.67. The molecule has 1 N–H and O–H groups in total. The van der Waals surface area contributed by atoms with E-state index in [0.717, 1.165) is 41.9 Å². The van der Waals surface area contributed by atoms with Crippen molar-refractivity contribution in [3.63, 3.8) is 0 Å². The van der Waals surface area contributed by atoms with E-state index in [-0.39, 0.29) is 5.91 Å². The molecule has 1 aromatic heterocycles. The van der Waals surface area contributed by atoms with Gasteiger partial charge in [0.2, 0.25) is 5.91 Å². The van der Waals surface area contributed by atoms with Gasteiger partial charge < -0.3 is 4.90 Å². The van der Waals surface area contributed by atoms with Gasteiger partial charge in [-0.25, -0.2) is 0 Å². The van der Waals surface area contributed by atoms with E-state index < -0.39 is 0 Å². The molecule has 0 fully saturated rings. The van der Waals surface area contributed by atoms with Crippen LogP contribution in [0.5, 0.6) is 0 Å². The number of hydrogen-bond donors (Lipinski definition) is 1. The summed E-state index contributed by atoms with van der Waals surface area (Å²) in [5, 5.41) is 7.02. The lowest BCUT2D eigenvalue weighted by Gasteiger charge is -2.28. The van der Waals surface area contributed by atoms with Crippen molar-refractivity contribution in [1.82, 2.24) is 10.2 Å². The molecular formula is C15H17N3O. The number of nitrogens with one attached hydrogen (secondary N) is 1. The number of aryl methyl sites for hydroxylation is 2. The zero-order chi connectivity index (χ0) is 13.4. The zero-order valence-corrected chi connectivity index (χ0v) is 11.2. The lowest BCUT2D eigenvalue weighted by molar-refractivity contribution is -0.116. The van der Waals surface area contributed by atoms with Crippen LogP contribution in [0, 0.1) is 6.92 Å². The van der Waals surface area contributed by atoms with Crippen LogP contribution in [-0.4, -0.2) is 22.6 Å². The van der Waals surface area contributed by atoms with E-state index in [0.29, 0.717) is 0 Å². The number of hydrogen-bond acceptors (Lipinski definition) is 2. The number of anilines is 1. The van der Waals surface area contributed by atoms with Gasteiger partial charge in [-0.05, 0) is 43.0 Å². The summed E-state index contributed by atoms with van der Waals surface area (Å²) >= 11 is 0. The normalized spacial score (nSPS) is 14.3. The molecule has 0 radical (unpaired) electrons. The van der Waals surface area contributed by atoms with Gasteiger partial charge in [0.15, 0.2) is 0 Å². The monoisotopic (exact) mass is 255 g/mol. The molecule has 0 spiro atoms. The van der Waals surface area contributed by atoms with E-state index in [2.05, 4.69) is 28.4 Å². The van der Waals surface area contributed by atoms with Gasteiger partial charge in [0, 0.05) is 30.4 Å². The highest BCUT2D eigenvalue weighted by molar-refractivity contribution is 5.93. The van der Waals surface area contributed by atoms with Gasteiger partial charge in [0.1, 0.15) is 0 Å². The highest BCUT2D eigenvalue weighted by atomic mass is 16.2. The minimum atomic E-state index is 0.119. The third-order valence-corrected chi connectivity index (χ3v) is 3.72. The maximum Gasteiger partial charge on any atom is 0.223 e. The highest BCUT2D eigenvalue weighted by Crippen LogP contribution is 2.32. The van der Waals surface area contributed by atoms with Crippen LogP contribution in [-0.2, 0) is 11.2 Å². The first-order valence-electron chi connectivity index (χ1n) is 6.58. The summed E-state index contributed by atoms with van der Waals surface area (Å²) < 4.78 is 0. The van der Waals surface area contributed by atoms with Crippen LogP contribution in [0.15, 0.2) is 24.4 Å². The number of aromatic nitrogens is 2. The number of nitrogens with zero attached hydrogens (tertiary/aromatic N) is 2. The van der Waals surface area contributed by atoms with Crippen molar-refractivity contribution in [3.05, 3.63) is 35.7 Å². The smallest absolute Gasteiger partial charge is 0.223 e. The van der Waals surface area contributed by atoms with Crippen LogP contribution >= 0.6 is 0 Å². The molecule has 1 amide bonds. The van der Waals surface area contributed by atoms with Crippen molar-refractivity contribution in [2.75, 3.05) is 11.4 Å². The maximum absolute atomic E-state index is 11.6. The summed E-state index contributed by atoms with van der Waals surface area (Å²) in [7, 11) is 0. The van der Waals surface area contributed by atoms with Crippen molar-refractivity contribution in [2.45, 2.75) is 26.7 Å². The first-order chi connectivity index (χ1) is 9.16. The third-order valence-electron chi connectivity index (χ3n) is 3.72. The molecule has 2 aromatic rings. The minimum absolute atomic E-state index is 0.119. The fourth-order valence-corrected chi connectivity index (χ4v) is 2.73. The Morgan fingerprint density at radius 3 is 2.95 bits per heavy atom. The van der Waals surface area contributed by atoms with E-state index in [9.17, 15) is 4.79 Å². The number of carbonyl (C=O) groups is 1. The molecule has 0 bridgehead atoms. The van der Waals surface area contributed by atoms with Gasteiger partial charge in [-0.2, -0.15) is 5.10 Å². The number of benzene rings is 1. The average Bonchev–Trinajstić information content (AvgIpc) is 2.83. The fraction of sp³-hybridized carbons (Fsp3) is 0.333. The van der Waals surface area contributed by atoms with Crippen molar-refractivity contribution >= 4 is 11.6 Å². The quantitative estimate of drug-likeness (QED) is 0.851. The number of H-pyrrole nitrogens is 1. The van der Waals surface area contributed by atoms with Crippen molar-refractivity contribution in [1.29, 1.82) is 0 Å². The number of rotatable bonds is 1. The first kappa shape index (κ1) is 12.0. The molecule has 1 aliphatic heterocycles. The molecule has 4 nitrogen and oxygen atoms in total. The van der Waals surface area contributed by atoms with Crippen LogP contribution in [0.4, 0.5) is 5.69 Å². The van der Waals surface area contributed by atoms with Crippen LogP contribution in [0.1, 0.15) is 24.6 Å². The SMILES string of the molecule is CC(=O)N1CCCc2cc(-c3cn[nH]c3C)ccc21. The molecule has 1 aliphatic rings. The Hall–Kier alpha value is -2.10. The van der Waals surface area contributed by atoms with Crippen molar-refractivity contribution in [3.8, 4) is 11.1 Å². The zero-order valence-electron chi connectivity index (χ0n) is 11.2. The average molecular weight is 255 g/mol. The Balaban J connectivity index is 2.05. The summed E-state index contributed by atoms with van der Waals surface area (Å²) in [6.07, 6.45) is 3.91. The van der Waals surface area contributed by atoms with E-state index >= 15 is 0 Å². The van der Waals surface area contributed by atoms with E-state index in [1.807, 2.05) is 18.0 Å². The lowest BCUT2D eigenvalue weighted by Crippen LogP contribution is -2.33. The van der Waals surface area contributed by atoms with Gasteiger partial charge in [-0.15, -0.1) is 0 Å². The predicted molar refractivity (Wildman–Crippen MR) is 75.1 cm³/mol. The van der Waals surface area contributed by atoms with E-state index in [1.54, 1.807) is 6.92 Å². The Morgan fingerprint density at radius 2 is 2.26 bits per heavy atom. The van der Waals surface area contributed by atoms with Crippen molar-refractivity contribution < 1.29 is 4.79 Å². The maximum atomic E-state index is 11.6. The fourth-order valence-electron chi connectivity index (χ4n) is 2.73. The van der Waals surface area contributed by atoms with Gasteiger partial charge in [0.05, 0.1) is 6.20 Å². The number of carbonyl (C=O) groups excluding carboxylic acids is 1. The molecule has 2 heterocycles. The Morgan fingerprint density at radius 1 is 1.42 bits per heavy atom. The summed E-state index contributed by atoms with van der Waals surface area (Å²) in [4.78, 5) is 13.5. The molecule has 1 aromatic carbocycles. The van der Waals surface area contributed by atoms with Crippen LogP contribution in [0.2, 0.25) is 0 Å². The van der Waals surface area contributed by atoms with Crippen LogP contribution in [0.25, 0.3) is 11.1 Å². The lowest BCUT2D eigenvalue weighted by atomic mass is 9.96. The molecule has 19 heavy (non-hydrogen) atoms. The molecule has 98 valence electrons. The van der Waals surface area contributed by atoms with Crippen molar-refractivity contribution in [2.24, 2.45) is 0 Å². The molecule has 3 rings (SSSR count). The summed E-state index contributed by atoms with van der Waals surface area (Å²) in [6.45, 7) is 4.47. The van der Waals surface area contributed by atoms with Crippen LogP contribution in [0.3, 0.4) is 0 Å². The summed E-state index contributed by atoms with van der Waals surface area (Å²) in [6, 6.07) is 6.30. The molecule has 0 saturated heterocycles. The molecule has 0 unspecified atom stereocenters. The largest absolute Gasteiger partial charge is 0.312 e. The second-order valence-electron chi connectivity index (χ2n) is 5.03. The van der Waals surface area contributed by atoms with Gasteiger partial charge in [0.25, 0.3) is 0 Å². The van der Waals surface area contributed by atoms with Gasteiger partial charge in [-0.3, -0.25) is 9.89 Å². The molecule has 4 heteroatoms. The Bertz CT molecular complexity index is 630. The topological polar surface area (TPSA) is 49.0 Å². The number of aromatic amines is 1. The second-order valence-corrected chi connectivity index (χ2v) is 5.03. The predicted octanol–water partition coefficient (Wildman–Crippen LogP) is 2.68. The number of fused-ring (bicyclic) bond motifs is 1. The first-order valence-corrected chi connectivity index (χ1v) is 6.58. The van der Waals surface area contributed by atoms with E-state index in [1.165, 1.54) is 5.56 Å². The van der Waals surface area contributed by atoms with E-state index in [4.69, 9.17) is 0 Å².